The highest BCUT2D eigenvalue weighted by atomic mass is 32.2. The lowest BCUT2D eigenvalue weighted by Gasteiger charge is -2.25. The minimum absolute atomic E-state index is 0.0878. The highest BCUT2D eigenvalue weighted by Gasteiger charge is 2.27. The van der Waals surface area contributed by atoms with Gasteiger partial charge in [-0.25, -0.2) is 13.4 Å². The maximum atomic E-state index is 12.7. The lowest BCUT2D eigenvalue weighted by Crippen LogP contribution is -2.31. The van der Waals surface area contributed by atoms with Crippen molar-refractivity contribution in [3.05, 3.63) is 54.0 Å². The van der Waals surface area contributed by atoms with Gasteiger partial charge >= 0.3 is 0 Å². The number of hydrogen-bond donors (Lipinski definition) is 2. The Balaban J connectivity index is 1.53. The molecule has 2 N–H and O–H groups in total. The van der Waals surface area contributed by atoms with Crippen molar-refractivity contribution in [2.24, 2.45) is 0 Å². The fourth-order valence-electron chi connectivity index (χ4n) is 5.67. The van der Waals surface area contributed by atoms with Gasteiger partial charge in [-0.05, 0) is 56.6 Å². The number of anilines is 6. The van der Waals surface area contributed by atoms with Gasteiger partial charge in [0.15, 0.2) is 0 Å². The van der Waals surface area contributed by atoms with Crippen LogP contribution >= 0.6 is 0 Å². The van der Waals surface area contributed by atoms with Crippen LogP contribution in [0.5, 0.6) is 5.75 Å². The Morgan fingerprint density at radius 1 is 1.07 bits per heavy atom. The summed E-state index contributed by atoms with van der Waals surface area (Å²) in [5, 5.41) is 6.78. The van der Waals surface area contributed by atoms with E-state index in [0.29, 0.717) is 46.0 Å². The number of nitrogens with one attached hydrogen (secondary N) is 2. The molecule has 12 nitrogen and oxygen atoms in total. The van der Waals surface area contributed by atoms with Gasteiger partial charge in [0.2, 0.25) is 16.0 Å². The maximum Gasteiger partial charge on any atom is 0.232 e. The summed E-state index contributed by atoms with van der Waals surface area (Å²) in [6.45, 7) is 8.24. The van der Waals surface area contributed by atoms with Gasteiger partial charge in [0, 0.05) is 62.1 Å². The Kier molecular flexibility index (Phi) is 9.31. The van der Waals surface area contributed by atoms with Crippen LogP contribution < -0.4 is 24.6 Å². The summed E-state index contributed by atoms with van der Waals surface area (Å²) in [5.41, 5.74) is 5.98. The largest absolute Gasteiger partial charge is 0.494 e. The molecule has 2 aromatic heterocycles. The average molecular weight is 634 g/mol. The standard InChI is InChI=1S/C32H43N9O3S/c1-9-21-16-26(28(44-7)17-27(21)41-15-12-22(19-41)39(4)5)37-32-35-18-23(20(2)3)31(38-32)36-25-11-10-24-29(34-14-13-33-24)30(25)40(6)45(8,42)43/h10-11,13-14,16-18,20,22H,9,12,15,19H2,1-8H3,(H2,35,36,37,38). The molecule has 1 aliphatic heterocycles. The number of nitrogens with zero attached hydrogens (tertiary/aromatic N) is 7. The van der Waals surface area contributed by atoms with Crippen LogP contribution in [0.25, 0.3) is 11.0 Å². The molecule has 3 heterocycles. The second-order valence-electron chi connectivity index (χ2n) is 11.9. The quantitative estimate of drug-likeness (QED) is 0.228. The molecular formula is C32H43N9O3S. The van der Waals surface area contributed by atoms with Gasteiger partial charge in [-0.1, -0.05) is 20.8 Å². The number of fused-ring (bicyclic) bond motifs is 1. The van der Waals surface area contributed by atoms with Gasteiger partial charge in [0.05, 0.1) is 30.3 Å². The molecule has 1 aliphatic rings. The molecule has 1 saturated heterocycles. The van der Waals surface area contributed by atoms with Gasteiger partial charge in [-0.15, -0.1) is 0 Å². The van der Waals surface area contributed by atoms with Crippen LogP contribution in [0.1, 0.15) is 44.2 Å². The van der Waals surface area contributed by atoms with Crippen LogP contribution in [0.3, 0.4) is 0 Å². The van der Waals surface area contributed by atoms with Crippen molar-refractivity contribution < 1.29 is 13.2 Å². The van der Waals surface area contributed by atoms with Crippen LogP contribution in [0.2, 0.25) is 0 Å². The van der Waals surface area contributed by atoms with Crippen LogP contribution in [-0.4, -0.2) is 86.9 Å². The third-order valence-corrected chi connectivity index (χ3v) is 9.56. The predicted octanol–water partition coefficient (Wildman–Crippen LogP) is 5.14. The number of ether oxygens (including phenoxy) is 1. The van der Waals surface area contributed by atoms with Crippen molar-refractivity contribution in [1.82, 2.24) is 24.8 Å². The summed E-state index contributed by atoms with van der Waals surface area (Å²) in [5.74, 6) is 1.71. The summed E-state index contributed by atoms with van der Waals surface area (Å²) in [6.07, 6.45) is 8.05. The monoisotopic (exact) mass is 633 g/mol. The number of rotatable bonds is 11. The molecule has 0 spiro atoms. The van der Waals surface area contributed by atoms with Crippen LogP contribution in [0.4, 0.5) is 34.5 Å². The van der Waals surface area contributed by atoms with Gasteiger partial charge in [0.25, 0.3) is 0 Å². The number of likely N-dealkylation sites (N-methyl/N-ethyl adjacent to an activating group) is 1. The topological polar surface area (TPSA) is 129 Å². The smallest absolute Gasteiger partial charge is 0.232 e. The zero-order valence-electron chi connectivity index (χ0n) is 27.3. The maximum absolute atomic E-state index is 12.7. The van der Waals surface area contributed by atoms with Crippen LogP contribution in [0.15, 0.2) is 42.9 Å². The minimum Gasteiger partial charge on any atom is -0.494 e. The molecule has 5 rings (SSSR count). The summed E-state index contributed by atoms with van der Waals surface area (Å²) in [4.78, 5) is 23.1. The normalized spacial score (nSPS) is 15.2. The number of hydrogen-bond acceptors (Lipinski definition) is 11. The van der Waals surface area contributed by atoms with Crippen molar-refractivity contribution in [2.45, 2.75) is 45.6 Å². The van der Waals surface area contributed by atoms with E-state index in [1.54, 1.807) is 37.8 Å². The lowest BCUT2D eigenvalue weighted by molar-refractivity contribution is 0.315. The first-order valence-electron chi connectivity index (χ1n) is 15.1. The van der Waals surface area contributed by atoms with Crippen molar-refractivity contribution in [2.75, 3.05) is 67.4 Å². The summed E-state index contributed by atoms with van der Waals surface area (Å²) < 4.78 is 32.4. The van der Waals surface area contributed by atoms with E-state index in [9.17, 15) is 8.42 Å². The second kappa shape index (κ2) is 13.0. The van der Waals surface area contributed by atoms with Crippen molar-refractivity contribution in [3.63, 3.8) is 0 Å². The van der Waals surface area contributed by atoms with Gasteiger partial charge in [-0.2, -0.15) is 4.98 Å². The Morgan fingerprint density at radius 2 is 1.82 bits per heavy atom. The summed E-state index contributed by atoms with van der Waals surface area (Å²) >= 11 is 0. The lowest BCUT2D eigenvalue weighted by atomic mass is 10.1. The Morgan fingerprint density at radius 3 is 2.47 bits per heavy atom. The van der Waals surface area contributed by atoms with Crippen molar-refractivity contribution >= 4 is 55.6 Å². The zero-order chi connectivity index (χ0) is 32.5. The molecule has 0 radical (unpaired) electrons. The molecule has 240 valence electrons. The first kappa shape index (κ1) is 32.2. The fraction of sp³-hybridized carbons (Fsp3) is 0.438. The van der Waals surface area contributed by atoms with E-state index < -0.39 is 10.0 Å². The molecular weight excluding hydrogens is 590 g/mol. The van der Waals surface area contributed by atoms with E-state index in [1.165, 1.54) is 22.6 Å². The number of sulfonamides is 1. The number of benzene rings is 2. The van der Waals surface area contributed by atoms with E-state index in [4.69, 9.17) is 9.72 Å². The highest BCUT2D eigenvalue weighted by molar-refractivity contribution is 7.92. The summed E-state index contributed by atoms with van der Waals surface area (Å²) in [6, 6.07) is 8.33. The molecule has 1 atom stereocenters. The van der Waals surface area contributed by atoms with E-state index >= 15 is 0 Å². The summed E-state index contributed by atoms with van der Waals surface area (Å²) in [7, 11) is 3.83. The first-order valence-corrected chi connectivity index (χ1v) is 17.0. The molecule has 0 amide bonds. The first-order chi connectivity index (χ1) is 21.4. The SMILES string of the molecule is CCc1cc(Nc2ncc(C(C)C)c(Nc3ccc4nccnc4c3N(C)S(C)(=O)=O)n2)c(OC)cc1N1CCC(N(C)C)C1. The van der Waals surface area contributed by atoms with E-state index in [2.05, 4.69) is 82.4 Å². The molecule has 1 fully saturated rings. The number of aromatic nitrogens is 4. The Labute approximate surface area is 265 Å². The number of methoxy groups -OCH3 is 1. The highest BCUT2D eigenvalue weighted by Crippen LogP contribution is 2.39. The van der Waals surface area contributed by atoms with Crippen molar-refractivity contribution in [1.29, 1.82) is 0 Å². The zero-order valence-corrected chi connectivity index (χ0v) is 28.1. The molecule has 45 heavy (non-hydrogen) atoms. The van der Waals surface area contributed by atoms with Crippen LogP contribution in [-0.2, 0) is 16.4 Å². The molecule has 0 bridgehead atoms. The second-order valence-corrected chi connectivity index (χ2v) is 13.9. The third-order valence-electron chi connectivity index (χ3n) is 8.38. The molecule has 0 saturated carbocycles. The Bertz CT molecular complexity index is 1800. The molecule has 0 aliphatic carbocycles. The average Bonchev–Trinajstić information content (AvgIpc) is 3.51. The Hall–Kier alpha value is -4.23. The minimum atomic E-state index is -3.61. The number of aryl methyl sites for hydroxylation is 1. The molecule has 13 heteroatoms. The van der Waals surface area contributed by atoms with Crippen LogP contribution in [0, 0.1) is 0 Å². The van der Waals surface area contributed by atoms with Gasteiger partial charge < -0.3 is 25.2 Å². The van der Waals surface area contributed by atoms with Gasteiger partial charge in [0.1, 0.15) is 22.8 Å². The molecule has 4 aromatic rings. The van der Waals surface area contributed by atoms with E-state index in [0.717, 1.165) is 43.4 Å². The third kappa shape index (κ3) is 6.74. The van der Waals surface area contributed by atoms with Crippen molar-refractivity contribution in [3.8, 4) is 5.75 Å². The van der Waals surface area contributed by atoms with E-state index in [-0.39, 0.29) is 5.92 Å². The predicted molar refractivity (Wildman–Crippen MR) is 182 cm³/mol. The fourth-order valence-corrected chi connectivity index (χ4v) is 6.19. The van der Waals surface area contributed by atoms with E-state index in [1.807, 2.05) is 0 Å². The molecule has 2 aromatic carbocycles. The van der Waals surface area contributed by atoms with Gasteiger partial charge in [-0.3, -0.25) is 14.3 Å². The molecule has 1 unspecified atom stereocenters.